The molecule has 0 radical (unpaired) electrons. The van der Waals surface area contributed by atoms with Crippen molar-refractivity contribution >= 4 is 17.8 Å². The summed E-state index contributed by atoms with van der Waals surface area (Å²) in [5.74, 6) is -2.60. The van der Waals surface area contributed by atoms with E-state index in [0.29, 0.717) is 12.8 Å². The molecule has 3 fully saturated rings. The Bertz CT molecular complexity index is 760. The first-order chi connectivity index (χ1) is 14.2. The zero-order valence-electron chi connectivity index (χ0n) is 19.9. The molecule has 0 aromatic heterocycles. The van der Waals surface area contributed by atoms with Gasteiger partial charge in [-0.1, -0.05) is 20.8 Å². The number of nitrogens with one attached hydrogen (secondary N) is 1. The number of ether oxygens (including phenoxy) is 2. The third-order valence-corrected chi connectivity index (χ3v) is 6.84. The van der Waals surface area contributed by atoms with Crippen LogP contribution in [0.2, 0.25) is 0 Å². The first-order valence-electron chi connectivity index (χ1n) is 11.3. The Labute approximate surface area is 185 Å². The molecule has 3 aliphatic heterocycles. The highest BCUT2D eigenvalue weighted by atomic mass is 16.6. The van der Waals surface area contributed by atoms with E-state index in [2.05, 4.69) is 26.1 Å². The van der Waals surface area contributed by atoms with Crippen LogP contribution in [0.25, 0.3) is 0 Å². The Morgan fingerprint density at radius 1 is 1.26 bits per heavy atom. The van der Waals surface area contributed by atoms with Crippen LogP contribution < -0.4 is 5.32 Å². The maximum Gasteiger partial charge on any atom is 0.312 e. The SMILES string of the molecule is CCOC(=O)[C@@H]1[C@H]2C(=O)N(CCO)C(C(=O)NC(C)(C)CC(C)(C)C)C23CC[C@@]1(C)O3. The first kappa shape index (κ1) is 24.0. The number of esters is 1. The molecule has 2 N–H and O–H groups in total. The molecular formula is C23H38N2O6. The summed E-state index contributed by atoms with van der Waals surface area (Å²) >= 11 is 0. The second-order valence-electron chi connectivity index (χ2n) is 11.3. The van der Waals surface area contributed by atoms with Gasteiger partial charge in [-0.2, -0.15) is 0 Å². The van der Waals surface area contributed by atoms with Gasteiger partial charge in [-0.05, 0) is 52.4 Å². The van der Waals surface area contributed by atoms with E-state index in [4.69, 9.17) is 9.47 Å². The van der Waals surface area contributed by atoms with Crippen molar-refractivity contribution < 1.29 is 29.0 Å². The number of aliphatic hydroxyl groups excluding tert-OH is 1. The summed E-state index contributed by atoms with van der Waals surface area (Å²) in [6, 6.07) is -0.891. The lowest BCUT2D eigenvalue weighted by Gasteiger charge is -2.38. The van der Waals surface area contributed by atoms with Crippen LogP contribution in [0, 0.1) is 17.3 Å². The smallest absolute Gasteiger partial charge is 0.312 e. The summed E-state index contributed by atoms with van der Waals surface area (Å²) in [6.45, 7) is 13.8. The molecule has 2 bridgehead atoms. The number of amides is 2. The Balaban J connectivity index is 1.97. The molecule has 3 heterocycles. The predicted molar refractivity (Wildman–Crippen MR) is 114 cm³/mol. The number of aliphatic hydroxyl groups is 1. The van der Waals surface area contributed by atoms with Crippen molar-refractivity contribution in [3.05, 3.63) is 0 Å². The van der Waals surface area contributed by atoms with Crippen molar-refractivity contribution in [2.24, 2.45) is 17.3 Å². The molecule has 1 spiro atoms. The number of rotatable bonds is 7. The minimum atomic E-state index is -1.08. The summed E-state index contributed by atoms with van der Waals surface area (Å²) in [4.78, 5) is 41.3. The van der Waals surface area contributed by atoms with Crippen LogP contribution in [0.3, 0.4) is 0 Å². The zero-order chi connectivity index (χ0) is 23.4. The third kappa shape index (κ3) is 3.97. The normalized spacial score (nSPS) is 34.8. The summed E-state index contributed by atoms with van der Waals surface area (Å²) in [7, 11) is 0. The lowest BCUT2D eigenvalue weighted by atomic mass is 9.66. The largest absolute Gasteiger partial charge is 0.466 e. The second kappa shape index (κ2) is 7.73. The Morgan fingerprint density at radius 3 is 2.45 bits per heavy atom. The van der Waals surface area contributed by atoms with Gasteiger partial charge in [0.05, 0.1) is 24.7 Å². The summed E-state index contributed by atoms with van der Waals surface area (Å²) in [5.41, 5.74) is -2.42. The number of likely N-dealkylation sites (tertiary alicyclic amines) is 1. The highest BCUT2D eigenvalue weighted by Crippen LogP contribution is 2.63. The maximum atomic E-state index is 13.6. The number of hydrogen-bond acceptors (Lipinski definition) is 6. The molecule has 2 amide bonds. The van der Waals surface area contributed by atoms with E-state index >= 15 is 0 Å². The Morgan fingerprint density at radius 2 is 1.90 bits per heavy atom. The van der Waals surface area contributed by atoms with Gasteiger partial charge >= 0.3 is 5.97 Å². The molecule has 0 saturated carbocycles. The van der Waals surface area contributed by atoms with Crippen molar-refractivity contribution in [1.29, 1.82) is 0 Å². The highest BCUT2D eigenvalue weighted by Gasteiger charge is 2.78. The van der Waals surface area contributed by atoms with Crippen LogP contribution in [0.15, 0.2) is 0 Å². The maximum absolute atomic E-state index is 13.6. The molecule has 0 aromatic carbocycles. The fraction of sp³-hybridized carbons (Fsp3) is 0.870. The van der Waals surface area contributed by atoms with Crippen LogP contribution >= 0.6 is 0 Å². The van der Waals surface area contributed by atoms with Gasteiger partial charge < -0.3 is 24.8 Å². The van der Waals surface area contributed by atoms with Gasteiger partial charge in [-0.25, -0.2) is 0 Å². The summed E-state index contributed by atoms with van der Waals surface area (Å²) < 4.78 is 11.7. The van der Waals surface area contributed by atoms with Gasteiger partial charge in [-0.15, -0.1) is 0 Å². The molecule has 2 unspecified atom stereocenters. The van der Waals surface area contributed by atoms with Crippen molar-refractivity contribution in [3.63, 3.8) is 0 Å². The molecule has 5 atom stereocenters. The monoisotopic (exact) mass is 438 g/mol. The molecule has 31 heavy (non-hydrogen) atoms. The summed E-state index contributed by atoms with van der Waals surface area (Å²) in [6.07, 6.45) is 1.82. The minimum absolute atomic E-state index is 0.00131. The number of fused-ring (bicyclic) bond motifs is 1. The van der Waals surface area contributed by atoms with Gasteiger partial charge in [0.2, 0.25) is 11.8 Å². The minimum Gasteiger partial charge on any atom is -0.466 e. The average molecular weight is 439 g/mol. The van der Waals surface area contributed by atoms with Crippen LogP contribution in [-0.2, 0) is 23.9 Å². The zero-order valence-corrected chi connectivity index (χ0v) is 19.9. The van der Waals surface area contributed by atoms with E-state index in [1.165, 1.54) is 4.90 Å². The van der Waals surface area contributed by atoms with Crippen LogP contribution in [-0.4, -0.2) is 70.3 Å². The lowest BCUT2D eigenvalue weighted by molar-refractivity contribution is -0.159. The van der Waals surface area contributed by atoms with E-state index < -0.39 is 40.6 Å². The van der Waals surface area contributed by atoms with Gasteiger partial charge in [0.25, 0.3) is 0 Å². The predicted octanol–water partition coefficient (Wildman–Crippen LogP) is 1.64. The number of carbonyl (C=O) groups is 3. The fourth-order valence-corrected chi connectivity index (χ4v) is 6.44. The van der Waals surface area contributed by atoms with Crippen molar-refractivity contribution in [1.82, 2.24) is 10.2 Å². The average Bonchev–Trinajstić information content (AvgIpc) is 3.14. The lowest BCUT2D eigenvalue weighted by Crippen LogP contribution is -2.59. The second-order valence-corrected chi connectivity index (χ2v) is 11.3. The molecule has 176 valence electrons. The molecule has 3 aliphatic rings. The molecule has 8 nitrogen and oxygen atoms in total. The van der Waals surface area contributed by atoms with Gasteiger partial charge in [0.15, 0.2) is 0 Å². The van der Waals surface area contributed by atoms with Gasteiger partial charge in [0, 0.05) is 12.1 Å². The molecule has 3 saturated heterocycles. The number of carbonyl (C=O) groups excluding carboxylic acids is 3. The number of hydrogen-bond donors (Lipinski definition) is 2. The highest BCUT2D eigenvalue weighted by molar-refractivity contribution is 5.98. The van der Waals surface area contributed by atoms with Crippen LogP contribution in [0.1, 0.15) is 67.7 Å². The quantitative estimate of drug-likeness (QED) is 0.586. The Kier molecular flexibility index (Phi) is 5.98. The topological polar surface area (TPSA) is 105 Å². The fourth-order valence-electron chi connectivity index (χ4n) is 6.44. The number of β-amino-alcohol motifs (C(OH)–C–C–N with tert-alkyl or cyclic N) is 1. The first-order valence-corrected chi connectivity index (χ1v) is 11.3. The Hall–Kier alpha value is -1.67. The molecule has 0 aromatic rings. The van der Waals surface area contributed by atoms with E-state index in [9.17, 15) is 19.5 Å². The third-order valence-electron chi connectivity index (χ3n) is 6.84. The van der Waals surface area contributed by atoms with E-state index in [0.717, 1.165) is 6.42 Å². The molecular weight excluding hydrogens is 400 g/mol. The molecule has 0 aliphatic carbocycles. The van der Waals surface area contributed by atoms with Crippen molar-refractivity contribution in [2.75, 3.05) is 19.8 Å². The standard InChI is InChI=1S/C23H38N2O6/c1-8-30-19(29)15-14-18(28)25(11-12-26)16(23(14)10-9-22(15,7)31-23)17(27)24-21(5,6)13-20(2,3)4/h14-16,26H,8-13H2,1-7H3,(H,24,27)/t14-,15-,16?,22+,23?/m0/s1. The van der Waals surface area contributed by atoms with Crippen LogP contribution in [0.5, 0.6) is 0 Å². The van der Waals surface area contributed by atoms with E-state index in [-0.39, 0.29) is 37.0 Å². The summed E-state index contributed by atoms with van der Waals surface area (Å²) in [5, 5.41) is 12.7. The molecule has 3 rings (SSSR count). The number of nitrogens with zero attached hydrogens (tertiary/aromatic N) is 1. The van der Waals surface area contributed by atoms with Crippen LogP contribution in [0.4, 0.5) is 0 Å². The van der Waals surface area contributed by atoms with Crippen molar-refractivity contribution in [2.45, 2.75) is 90.5 Å². The van der Waals surface area contributed by atoms with E-state index in [1.54, 1.807) is 6.92 Å². The van der Waals surface area contributed by atoms with E-state index in [1.807, 2.05) is 20.8 Å². The van der Waals surface area contributed by atoms with Gasteiger partial charge in [-0.3, -0.25) is 14.4 Å². The van der Waals surface area contributed by atoms with Crippen molar-refractivity contribution in [3.8, 4) is 0 Å². The van der Waals surface area contributed by atoms with Gasteiger partial charge in [0.1, 0.15) is 17.6 Å². The molecule has 8 heteroatoms.